The van der Waals surface area contributed by atoms with Crippen molar-refractivity contribution in [3.8, 4) is 0 Å². The number of hydrogen-bond acceptors (Lipinski definition) is 2. The van der Waals surface area contributed by atoms with E-state index in [-0.39, 0.29) is 16.7 Å². The molecule has 0 spiro atoms. The third kappa shape index (κ3) is 3.43. The molecular weight excluding hydrogens is 251 g/mol. The van der Waals surface area contributed by atoms with Crippen LogP contribution in [0.25, 0.3) is 0 Å². The zero-order valence-corrected chi connectivity index (χ0v) is 10.5. The molecule has 1 aliphatic carbocycles. The molecule has 3 N–H and O–H groups in total. The number of anilines is 1. The number of nitrogens with one attached hydrogen (secondary N) is 2. The summed E-state index contributed by atoms with van der Waals surface area (Å²) in [6, 6.07) is 2.73. The highest BCUT2D eigenvalue weighted by Crippen LogP contribution is 2.44. The molecule has 1 aromatic carbocycles. The van der Waals surface area contributed by atoms with Crippen LogP contribution in [-0.4, -0.2) is 23.7 Å². The Kier molecular flexibility index (Phi) is 3.42. The van der Waals surface area contributed by atoms with E-state index in [0.29, 0.717) is 6.54 Å². The van der Waals surface area contributed by atoms with Crippen molar-refractivity contribution in [3.05, 3.63) is 29.6 Å². The molecule has 102 valence electrons. The first kappa shape index (κ1) is 13.3. The van der Waals surface area contributed by atoms with E-state index in [0.717, 1.165) is 25.0 Å². The summed E-state index contributed by atoms with van der Waals surface area (Å²) in [5.74, 6) is -1.95. The first-order chi connectivity index (χ1) is 8.89. The van der Waals surface area contributed by atoms with Crippen molar-refractivity contribution in [2.75, 3.05) is 11.9 Å². The highest BCUT2D eigenvalue weighted by molar-refractivity contribution is 5.99. The van der Waals surface area contributed by atoms with Crippen LogP contribution in [0.5, 0.6) is 0 Å². The van der Waals surface area contributed by atoms with Crippen LogP contribution < -0.4 is 10.6 Å². The predicted octanol–water partition coefficient (Wildman–Crippen LogP) is 2.45. The summed E-state index contributed by atoms with van der Waals surface area (Å²) in [6.07, 6.45) is 2.15. The summed E-state index contributed by atoms with van der Waals surface area (Å²) in [5.41, 5.74) is -0.0319. The summed E-state index contributed by atoms with van der Waals surface area (Å²) in [6.45, 7) is 2.61. The van der Waals surface area contributed by atoms with Gasteiger partial charge in [-0.3, -0.25) is 0 Å². The second-order valence-electron chi connectivity index (χ2n) is 5.11. The van der Waals surface area contributed by atoms with Crippen molar-refractivity contribution in [1.82, 2.24) is 5.32 Å². The molecule has 6 heteroatoms. The second-order valence-corrected chi connectivity index (χ2v) is 5.11. The largest absolute Gasteiger partial charge is 0.478 e. The van der Waals surface area contributed by atoms with Gasteiger partial charge in [0.05, 0.1) is 11.3 Å². The van der Waals surface area contributed by atoms with E-state index in [2.05, 4.69) is 17.6 Å². The Balaban J connectivity index is 2.01. The van der Waals surface area contributed by atoms with Crippen LogP contribution in [0.4, 0.5) is 14.9 Å². The molecule has 1 aliphatic rings. The highest BCUT2D eigenvalue weighted by Gasteiger charge is 2.37. The molecule has 0 bridgehead atoms. The van der Waals surface area contributed by atoms with Gasteiger partial charge in [0, 0.05) is 6.54 Å². The molecular formula is C13H15FN2O3. The van der Waals surface area contributed by atoms with E-state index < -0.39 is 17.8 Å². The lowest BCUT2D eigenvalue weighted by molar-refractivity contribution is 0.0697. The topological polar surface area (TPSA) is 78.4 Å². The molecule has 1 aromatic rings. The summed E-state index contributed by atoms with van der Waals surface area (Å²) in [7, 11) is 0. The Morgan fingerprint density at radius 2 is 2.11 bits per heavy atom. The monoisotopic (exact) mass is 266 g/mol. The molecule has 19 heavy (non-hydrogen) atoms. The number of carbonyl (C=O) groups is 2. The molecule has 0 aromatic heterocycles. The number of rotatable bonds is 4. The van der Waals surface area contributed by atoms with E-state index in [1.807, 2.05) is 0 Å². The van der Waals surface area contributed by atoms with Gasteiger partial charge in [0.25, 0.3) is 0 Å². The van der Waals surface area contributed by atoms with Gasteiger partial charge in [0.1, 0.15) is 5.82 Å². The normalized spacial score (nSPS) is 15.7. The Hall–Kier alpha value is -2.11. The fourth-order valence-corrected chi connectivity index (χ4v) is 1.65. The maximum Gasteiger partial charge on any atom is 0.337 e. The van der Waals surface area contributed by atoms with Gasteiger partial charge in [-0.15, -0.1) is 0 Å². The number of halogens is 1. The minimum absolute atomic E-state index is 0.0763. The van der Waals surface area contributed by atoms with Crippen molar-refractivity contribution in [3.63, 3.8) is 0 Å². The summed E-state index contributed by atoms with van der Waals surface area (Å²) >= 11 is 0. The first-order valence-electron chi connectivity index (χ1n) is 5.97. The quantitative estimate of drug-likeness (QED) is 0.783. The average Bonchev–Trinajstić information content (AvgIpc) is 3.08. The number of amides is 2. The summed E-state index contributed by atoms with van der Waals surface area (Å²) in [4.78, 5) is 22.6. The van der Waals surface area contributed by atoms with Crippen molar-refractivity contribution in [2.24, 2.45) is 5.41 Å². The van der Waals surface area contributed by atoms with Crippen LogP contribution in [0.15, 0.2) is 18.2 Å². The van der Waals surface area contributed by atoms with Crippen molar-refractivity contribution >= 4 is 17.7 Å². The smallest absolute Gasteiger partial charge is 0.337 e. The Morgan fingerprint density at radius 1 is 1.42 bits per heavy atom. The minimum Gasteiger partial charge on any atom is -0.478 e. The number of carbonyl (C=O) groups excluding carboxylic acids is 1. The van der Waals surface area contributed by atoms with E-state index in [1.165, 1.54) is 6.07 Å². The fraction of sp³-hybridized carbons (Fsp3) is 0.385. The van der Waals surface area contributed by atoms with Crippen molar-refractivity contribution < 1.29 is 19.1 Å². The molecule has 5 nitrogen and oxygen atoms in total. The van der Waals surface area contributed by atoms with Gasteiger partial charge >= 0.3 is 12.0 Å². The number of hydrogen-bond donors (Lipinski definition) is 3. The highest BCUT2D eigenvalue weighted by atomic mass is 19.1. The molecule has 1 fully saturated rings. The van der Waals surface area contributed by atoms with E-state index in [4.69, 9.17) is 5.11 Å². The Morgan fingerprint density at radius 3 is 2.68 bits per heavy atom. The van der Waals surface area contributed by atoms with Crippen LogP contribution in [0.2, 0.25) is 0 Å². The molecule has 0 unspecified atom stereocenters. The second kappa shape index (κ2) is 4.87. The van der Waals surface area contributed by atoms with Gasteiger partial charge < -0.3 is 15.7 Å². The number of carboxylic acid groups (broad SMARTS) is 1. The van der Waals surface area contributed by atoms with Gasteiger partial charge in [-0.2, -0.15) is 0 Å². The van der Waals surface area contributed by atoms with Gasteiger partial charge in [-0.05, 0) is 36.5 Å². The van der Waals surface area contributed by atoms with Gasteiger partial charge in [-0.1, -0.05) is 6.92 Å². The van der Waals surface area contributed by atoms with Crippen LogP contribution in [0.3, 0.4) is 0 Å². The summed E-state index contributed by atoms with van der Waals surface area (Å²) < 4.78 is 13.0. The van der Waals surface area contributed by atoms with Gasteiger partial charge in [0.15, 0.2) is 0 Å². The maximum atomic E-state index is 13.0. The number of benzene rings is 1. The lowest BCUT2D eigenvalue weighted by Gasteiger charge is -2.12. The lowest BCUT2D eigenvalue weighted by atomic mass is 10.1. The molecule has 0 radical (unpaired) electrons. The Labute approximate surface area is 109 Å². The zero-order valence-electron chi connectivity index (χ0n) is 10.5. The lowest BCUT2D eigenvalue weighted by Crippen LogP contribution is -2.33. The standard InChI is InChI=1S/C13H15FN2O3/c1-13(4-5-13)7-15-12(19)16-10-3-2-8(14)6-9(10)11(17)18/h2-3,6H,4-5,7H2,1H3,(H,17,18)(H2,15,16,19). The average molecular weight is 266 g/mol. The van der Waals surface area contributed by atoms with Gasteiger partial charge in [-0.25, -0.2) is 14.0 Å². The fourth-order valence-electron chi connectivity index (χ4n) is 1.65. The van der Waals surface area contributed by atoms with Gasteiger partial charge in [0.2, 0.25) is 0 Å². The van der Waals surface area contributed by atoms with Crippen LogP contribution in [-0.2, 0) is 0 Å². The molecule has 1 saturated carbocycles. The predicted molar refractivity (Wildman–Crippen MR) is 67.7 cm³/mol. The SMILES string of the molecule is CC1(CNC(=O)Nc2ccc(F)cc2C(=O)O)CC1. The minimum atomic E-state index is -1.29. The summed E-state index contributed by atoms with van der Waals surface area (Å²) in [5, 5.41) is 14.0. The van der Waals surface area contributed by atoms with Crippen LogP contribution in [0, 0.1) is 11.2 Å². The molecule has 2 rings (SSSR count). The third-order valence-electron chi connectivity index (χ3n) is 3.24. The molecule has 0 atom stereocenters. The third-order valence-corrected chi connectivity index (χ3v) is 3.24. The van der Waals surface area contributed by atoms with E-state index >= 15 is 0 Å². The van der Waals surface area contributed by atoms with Crippen LogP contribution in [0.1, 0.15) is 30.1 Å². The number of carboxylic acids is 1. The maximum absolute atomic E-state index is 13.0. The number of urea groups is 1. The van der Waals surface area contributed by atoms with E-state index in [1.54, 1.807) is 0 Å². The van der Waals surface area contributed by atoms with Crippen molar-refractivity contribution in [2.45, 2.75) is 19.8 Å². The Bertz CT molecular complexity index is 527. The molecule has 0 aliphatic heterocycles. The first-order valence-corrected chi connectivity index (χ1v) is 5.97. The molecule has 0 saturated heterocycles. The van der Waals surface area contributed by atoms with Crippen LogP contribution >= 0.6 is 0 Å². The zero-order chi connectivity index (χ0) is 14.0. The van der Waals surface area contributed by atoms with E-state index in [9.17, 15) is 14.0 Å². The number of aromatic carboxylic acids is 1. The molecule has 0 heterocycles. The molecule has 2 amide bonds. The van der Waals surface area contributed by atoms with Crippen molar-refractivity contribution in [1.29, 1.82) is 0 Å².